The van der Waals surface area contributed by atoms with E-state index in [1.54, 1.807) is 12.1 Å². The van der Waals surface area contributed by atoms with Gasteiger partial charge in [-0.3, -0.25) is 9.59 Å². The predicted octanol–water partition coefficient (Wildman–Crippen LogP) is 0.916. The molecule has 6 nitrogen and oxygen atoms in total. The number of carboxylic acid groups (broad SMARTS) is 2. The SMILES string of the molecule is CC(=O)c1ccccc1C(=O)O.NC(CS)C(=O)O. The van der Waals surface area contributed by atoms with Crippen molar-refractivity contribution in [2.24, 2.45) is 5.73 Å². The number of ketones is 1. The van der Waals surface area contributed by atoms with Crippen LogP contribution in [0.2, 0.25) is 0 Å². The first-order chi connectivity index (χ1) is 8.81. The molecule has 0 aromatic heterocycles. The largest absolute Gasteiger partial charge is 0.480 e. The number of Topliss-reactive ketones (excluding diaryl/α,β-unsaturated/α-hetero) is 1. The molecule has 1 aromatic carbocycles. The van der Waals surface area contributed by atoms with Gasteiger partial charge in [-0.25, -0.2) is 4.79 Å². The number of carbonyl (C=O) groups is 3. The van der Waals surface area contributed by atoms with Crippen LogP contribution >= 0.6 is 12.6 Å². The van der Waals surface area contributed by atoms with E-state index in [9.17, 15) is 14.4 Å². The minimum absolute atomic E-state index is 0.0602. The smallest absolute Gasteiger partial charge is 0.336 e. The molecule has 1 unspecified atom stereocenters. The molecular weight excluding hydrogens is 270 g/mol. The Kier molecular flexibility index (Phi) is 7.47. The van der Waals surface area contributed by atoms with Gasteiger partial charge in [-0.05, 0) is 13.0 Å². The maximum absolute atomic E-state index is 10.9. The molecule has 0 aliphatic carbocycles. The molecule has 7 heteroatoms. The van der Waals surface area contributed by atoms with E-state index in [1.165, 1.54) is 19.1 Å². The molecule has 4 N–H and O–H groups in total. The van der Waals surface area contributed by atoms with Crippen molar-refractivity contribution >= 4 is 30.4 Å². The van der Waals surface area contributed by atoms with Gasteiger partial charge < -0.3 is 15.9 Å². The molecule has 0 spiro atoms. The van der Waals surface area contributed by atoms with Gasteiger partial charge in [0.2, 0.25) is 0 Å². The van der Waals surface area contributed by atoms with Crippen LogP contribution in [-0.2, 0) is 4.79 Å². The third-order valence-electron chi connectivity index (χ3n) is 2.05. The minimum atomic E-state index is -1.07. The Morgan fingerprint density at radius 3 is 1.89 bits per heavy atom. The lowest BCUT2D eigenvalue weighted by Crippen LogP contribution is -2.31. The number of rotatable bonds is 4. The maximum atomic E-state index is 10.9. The molecule has 1 rings (SSSR count). The van der Waals surface area contributed by atoms with E-state index in [4.69, 9.17) is 15.9 Å². The molecular formula is C12H15NO5S. The summed E-state index contributed by atoms with van der Waals surface area (Å²) in [5.41, 5.74) is 5.25. The predicted molar refractivity (Wildman–Crippen MR) is 72.9 cm³/mol. The highest BCUT2D eigenvalue weighted by molar-refractivity contribution is 7.80. The van der Waals surface area contributed by atoms with Crippen LogP contribution in [0.25, 0.3) is 0 Å². The van der Waals surface area contributed by atoms with Gasteiger partial charge in [0.05, 0.1) is 5.56 Å². The summed E-state index contributed by atoms with van der Waals surface area (Å²) in [4.78, 5) is 31.2. The molecule has 104 valence electrons. The van der Waals surface area contributed by atoms with Crippen LogP contribution in [0.4, 0.5) is 0 Å². The first-order valence-corrected chi connectivity index (χ1v) is 5.87. The van der Waals surface area contributed by atoms with Gasteiger partial charge in [-0.1, -0.05) is 18.2 Å². The minimum Gasteiger partial charge on any atom is -0.480 e. The fraction of sp³-hybridized carbons (Fsp3) is 0.250. The molecule has 0 saturated heterocycles. The maximum Gasteiger partial charge on any atom is 0.336 e. The van der Waals surface area contributed by atoms with E-state index in [2.05, 4.69) is 12.6 Å². The Morgan fingerprint density at radius 2 is 1.68 bits per heavy atom. The van der Waals surface area contributed by atoms with Gasteiger partial charge in [0, 0.05) is 11.3 Å². The summed E-state index contributed by atoms with van der Waals surface area (Å²) in [6, 6.07) is 5.34. The quantitative estimate of drug-likeness (QED) is 0.482. The van der Waals surface area contributed by atoms with Crippen LogP contribution in [0.3, 0.4) is 0 Å². The monoisotopic (exact) mass is 285 g/mol. The molecule has 0 bridgehead atoms. The van der Waals surface area contributed by atoms with E-state index in [1.807, 2.05) is 0 Å². The fourth-order valence-electron chi connectivity index (χ4n) is 1.05. The summed E-state index contributed by atoms with van der Waals surface area (Å²) in [6.07, 6.45) is 0. The van der Waals surface area contributed by atoms with Crippen LogP contribution in [0.5, 0.6) is 0 Å². The van der Waals surface area contributed by atoms with E-state index in [0.29, 0.717) is 0 Å². The van der Waals surface area contributed by atoms with Gasteiger partial charge in [0.15, 0.2) is 5.78 Å². The Bertz CT molecular complexity index is 442. The normalized spacial score (nSPS) is 10.9. The van der Waals surface area contributed by atoms with Crippen LogP contribution in [0.15, 0.2) is 24.3 Å². The van der Waals surface area contributed by atoms with Gasteiger partial charge >= 0.3 is 11.9 Å². The first kappa shape index (κ1) is 17.1. The Morgan fingerprint density at radius 1 is 1.21 bits per heavy atom. The second kappa shape index (κ2) is 8.28. The standard InChI is InChI=1S/C9H8O3.C3H7NO2S/c1-6(10)7-4-2-3-5-8(7)9(11)12;4-2(1-7)3(5)6/h2-5H,1H3,(H,11,12);2,7H,1,4H2,(H,5,6). The van der Waals surface area contributed by atoms with Crippen molar-refractivity contribution in [2.75, 3.05) is 5.75 Å². The zero-order chi connectivity index (χ0) is 15.0. The van der Waals surface area contributed by atoms with Crippen LogP contribution in [0, 0.1) is 0 Å². The van der Waals surface area contributed by atoms with Crippen molar-refractivity contribution < 1.29 is 24.6 Å². The highest BCUT2D eigenvalue weighted by atomic mass is 32.1. The van der Waals surface area contributed by atoms with E-state index < -0.39 is 18.0 Å². The molecule has 0 amide bonds. The van der Waals surface area contributed by atoms with Crippen molar-refractivity contribution in [1.82, 2.24) is 0 Å². The van der Waals surface area contributed by atoms with Gasteiger partial charge in [-0.2, -0.15) is 12.6 Å². The molecule has 1 atom stereocenters. The Hall–Kier alpha value is -1.86. The summed E-state index contributed by atoms with van der Waals surface area (Å²) < 4.78 is 0. The first-order valence-electron chi connectivity index (χ1n) is 5.23. The number of hydrogen-bond acceptors (Lipinski definition) is 5. The lowest BCUT2D eigenvalue weighted by molar-refractivity contribution is -0.137. The topological polar surface area (TPSA) is 118 Å². The Balaban J connectivity index is 0.000000399. The third kappa shape index (κ3) is 6.03. The zero-order valence-electron chi connectivity index (χ0n) is 10.2. The summed E-state index contributed by atoms with van der Waals surface area (Å²) in [5, 5.41) is 16.7. The number of benzene rings is 1. The zero-order valence-corrected chi connectivity index (χ0v) is 11.1. The third-order valence-corrected chi connectivity index (χ3v) is 2.44. The number of carboxylic acids is 2. The van der Waals surface area contributed by atoms with Gasteiger partial charge in [-0.15, -0.1) is 0 Å². The average Bonchev–Trinajstić information content (AvgIpc) is 2.38. The highest BCUT2D eigenvalue weighted by Gasteiger charge is 2.11. The lowest BCUT2D eigenvalue weighted by atomic mass is 10.1. The summed E-state index contributed by atoms with van der Waals surface area (Å²) >= 11 is 3.65. The number of aliphatic carboxylic acids is 1. The van der Waals surface area contributed by atoms with Crippen LogP contribution < -0.4 is 5.73 Å². The van der Waals surface area contributed by atoms with E-state index >= 15 is 0 Å². The number of thiol groups is 1. The number of nitrogens with two attached hydrogens (primary N) is 1. The summed E-state index contributed by atoms with van der Waals surface area (Å²) in [7, 11) is 0. The molecule has 0 aliphatic heterocycles. The van der Waals surface area contributed by atoms with Crippen molar-refractivity contribution in [3.8, 4) is 0 Å². The van der Waals surface area contributed by atoms with E-state index in [-0.39, 0.29) is 22.7 Å². The average molecular weight is 285 g/mol. The molecule has 0 radical (unpaired) electrons. The fourth-order valence-corrected chi connectivity index (χ4v) is 1.21. The van der Waals surface area contributed by atoms with Crippen LogP contribution in [-0.4, -0.2) is 39.7 Å². The second-order valence-corrected chi connectivity index (χ2v) is 3.90. The molecule has 19 heavy (non-hydrogen) atoms. The summed E-state index contributed by atoms with van der Waals surface area (Å²) in [5.74, 6) is -2.11. The molecule has 1 aromatic rings. The van der Waals surface area contributed by atoms with Gasteiger partial charge in [0.25, 0.3) is 0 Å². The van der Waals surface area contributed by atoms with Crippen LogP contribution in [0.1, 0.15) is 27.6 Å². The van der Waals surface area contributed by atoms with E-state index in [0.717, 1.165) is 0 Å². The van der Waals surface area contributed by atoms with Crippen molar-refractivity contribution in [1.29, 1.82) is 0 Å². The van der Waals surface area contributed by atoms with Crippen molar-refractivity contribution in [3.63, 3.8) is 0 Å². The molecule has 0 saturated carbocycles. The number of carbonyl (C=O) groups excluding carboxylic acids is 1. The highest BCUT2D eigenvalue weighted by Crippen LogP contribution is 2.08. The lowest BCUT2D eigenvalue weighted by Gasteiger charge is -1.99. The summed E-state index contributed by atoms with van der Waals surface area (Å²) in [6.45, 7) is 1.35. The number of hydrogen-bond donors (Lipinski definition) is 4. The molecule has 0 aliphatic rings. The van der Waals surface area contributed by atoms with Crippen molar-refractivity contribution in [3.05, 3.63) is 35.4 Å². The van der Waals surface area contributed by atoms with Gasteiger partial charge in [0.1, 0.15) is 6.04 Å². The Labute approximate surface area is 115 Å². The van der Waals surface area contributed by atoms with Crippen molar-refractivity contribution in [2.45, 2.75) is 13.0 Å². The molecule has 0 heterocycles. The number of aromatic carboxylic acids is 1. The second-order valence-electron chi connectivity index (χ2n) is 3.53. The molecule has 0 fully saturated rings.